The van der Waals surface area contributed by atoms with E-state index in [4.69, 9.17) is 0 Å². The fourth-order valence-corrected chi connectivity index (χ4v) is 2.80. The van der Waals surface area contributed by atoms with Crippen LogP contribution in [0.3, 0.4) is 0 Å². The lowest BCUT2D eigenvalue weighted by atomic mass is 10.1. The number of hydrogen-bond donors (Lipinski definition) is 1. The molecule has 0 aliphatic heterocycles. The second kappa shape index (κ2) is 7.23. The third-order valence-corrected chi connectivity index (χ3v) is 4.01. The van der Waals surface area contributed by atoms with E-state index in [0.29, 0.717) is 5.52 Å². The Bertz CT molecular complexity index is 781. The van der Waals surface area contributed by atoms with Gasteiger partial charge in [-0.1, -0.05) is 49.7 Å². The summed E-state index contributed by atoms with van der Waals surface area (Å²) in [5.74, 6) is -0.280. The van der Waals surface area contributed by atoms with Crippen molar-refractivity contribution in [3.05, 3.63) is 71.7 Å². The first-order valence-electron chi connectivity index (χ1n) is 8.13. The number of anilines is 1. The number of hydrogen-bond acceptors (Lipinski definition) is 2. The molecule has 118 valence electrons. The second-order valence-electron chi connectivity index (χ2n) is 5.74. The Morgan fingerprint density at radius 3 is 2.43 bits per heavy atom. The molecule has 1 heterocycles. The van der Waals surface area contributed by atoms with E-state index in [1.807, 2.05) is 12.1 Å². The van der Waals surface area contributed by atoms with Crippen LogP contribution in [0.5, 0.6) is 0 Å². The molecule has 0 radical (unpaired) electrons. The first kappa shape index (κ1) is 15.5. The Morgan fingerprint density at radius 1 is 0.957 bits per heavy atom. The molecule has 2 nitrogen and oxygen atoms in total. The largest absolute Gasteiger partial charge is 0.384 e. The zero-order valence-electron chi connectivity index (χ0n) is 13.3. The molecule has 3 rings (SSSR count). The summed E-state index contributed by atoms with van der Waals surface area (Å²) < 4.78 is 13.8. The second-order valence-corrected chi connectivity index (χ2v) is 5.74. The van der Waals surface area contributed by atoms with E-state index in [1.54, 1.807) is 12.3 Å². The molecule has 23 heavy (non-hydrogen) atoms. The average molecular weight is 308 g/mol. The van der Waals surface area contributed by atoms with E-state index >= 15 is 0 Å². The molecule has 0 bridgehead atoms. The van der Waals surface area contributed by atoms with Gasteiger partial charge >= 0.3 is 0 Å². The van der Waals surface area contributed by atoms with Crippen molar-refractivity contribution in [1.29, 1.82) is 0 Å². The van der Waals surface area contributed by atoms with Crippen molar-refractivity contribution in [2.75, 3.05) is 11.9 Å². The van der Waals surface area contributed by atoms with Gasteiger partial charge in [-0.3, -0.25) is 4.98 Å². The third kappa shape index (κ3) is 3.67. The monoisotopic (exact) mass is 308 g/mol. The first-order chi connectivity index (χ1) is 11.3. The summed E-state index contributed by atoms with van der Waals surface area (Å²) in [6.07, 6.45) is 4.89. The minimum atomic E-state index is -0.280. The molecule has 2 aromatic carbocycles. The van der Waals surface area contributed by atoms with Gasteiger partial charge in [0.05, 0.1) is 0 Å². The molecule has 0 spiro atoms. The summed E-state index contributed by atoms with van der Waals surface area (Å²) >= 11 is 0. The predicted molar refractivity (Wildman–Crippen MR) is 94.3 cm³/mol. The maximum Gasteiger partial charge on any atom is 0.149 e. The van der Waals surface area contributed by atoms with Gasteiger partial charge in [-0.25, -0.2) is 4.39 Å². The number of nitrogens with one attached hydrogen (secondary N) is 1. The molecule has 0 saturated heterocycles. The summed E-state index contributed by atoms with van der Waals surface area (Å²) in [7, 11) is 0. The van der Waals surface area contributed by atoms with Gasteiger partial charge in [0.15, 0.2) is 0 Å². The van der Waals surface area contributed by atoms with E-state index in [2.05, 4.69) is 41.5 Å². The van der Waals surface area contributed by atoms with Gasteiger partial charge in [0, 0.05) is 23.8 Å². The Hall–Kier alpha value is -2.42. The van der Waals surface area contributed by atoms with Crippen molar-refractivity contribution in [2.24, 2.45) is 0 Å². The molecule has 0 fully saturated rings. The normalized spacial score (nSPS) is 10.9. The van der Waals surface area contributed by atoms with E-state index in [-0.39, 0.29) is 5.82 Å². The van der Waals surface area contributed by atoms with Crippen molar-refractivity contribution < 1.29 is 4.39 Å². The van der Waals surface area contributed by atoms with E-state index in [0.717, 1.165) is 30.5 Å². The lowest BCUT2D eigenvalue weighted by molar-refractivity contribution is 0.637. The van der Waals surface area contributed by atoms with Crippen LogP contribution in [0.4, 0.5) is 10.1 Å². The number of halogens is 1. The highest BCUT2D eigenvalue weighted by molar-refractivity contribution is 5.91. The van der Waals surface area contributed by atoms with Crippen LogP contribution >= 0.6 is 0 Å². The lowest BCUT2D eigenvalue weighted by Crippen LogP contribution is -2.05. The molecular formula is C20H21FN2. The molecule has 1 aromatic heterocycles. The van der Waals surface area contributed by atoms with Crippen LogP contribution in [-0.2, 0) is 12.8 Å². The highest BCUT2D eigenvalue weighted by atomic mass is 19.1. The molecule has 0 aliphatic rings. The van der Waals surface area contributed by atoms with E-state index in [9.17, 15) is 4.39 Å². The SMILES string of the molecule is CCCc1ccc(CCNc2ccnc3c(F)cccc23)cc1. The first-order valence-corrected chi connectivity index (χ1v) is 8.13. The van der Waals surface area contributed by atoms with E-state index < -0.39 is 0 Å². The van der Waals surface area contributed by atoms with Gasteiger partial charge in [-0.15, -0.1) is 0 Å². The minimum Gasteiger partial charge on any atom is -0.384 e. The van der Waals surface area contributed by atoms with Crippen LogP contribution < -0.4 is 5.32 Å². The molecular weight excluding hydrogens is 287 g/mol. The highest BCUT2D eigenvalue weighted by Crippen LogP contribution is 2.23. The summed E-state index contributed by atoms with van der Waals surface area (Å²) in [5.41, 5.74) is 4.04. The van der Waals surface area contributed by atoms with Gasteiger partial charge < -0.3 is 5.32 Å². The summed E-state index contributed by atoms with van der Waals surface area (Å²) in [4.78, 5) is 4.12. The molecule has 3 heteroatoms. The van der Waals surface area contributed by atoms with Crippen molar-refractivity contribution in [3.8, 4) is 0 Å². The summed E-state index contributed by atoms with van der Waals surface area (Å²) in [6.45, 7) is 3.00. The fourth-order valence-electron chi connectivity index (χ4n) is 2.80. The zero-order chi connectivity index (χ0) is 16.1. The number of benzene rings is 2. The van der Waals surface area contributed by atoms with Crippen LogP contribution in [0.2, 0.25) is 0 Å². The maximum atomic E-state index is 13.8. The summed E-state index contributed by atoms with van der Waals surface area (Å²) in [6, 6.07) is 15.7. The van der Waals surface area contributed by atoms with Crippen LogP contribution in [0.15, 0.2) is 54.7 Å². The van der Waals surface area contributed by atoms with Crippen molar-refractivity contribution in [1.82, 2.24) is 4.98 Å². The van der Waals surface area contributed by atoms with Gasteiger partial charge in [0.25, 0.3) is 0 Å². The van der Waals surface area contributed by atoms with Crippen LogP contribution in [0.25, 0.3) is 10.9 Å². The fraction of sp³-hybridized carbons (Fsp3) is 0.250. The number of pyridine rings is 1. The highest BCUT2D eigenvalue weighted by Gasteiger charge is 2.05. The minimum absolute atomic E-state index is 0.280. The van der Waals surface area contributed by atoms with Gasteiger partial charge in [-0.05, 0) is 36.1 Å². The van der Waals surface area contributed by atoms with Gasteiger partial charge in [0.2, 0.25) is 0 Å². The number of para-hydroxylation sites is 1. The number of aryl methyl sites for hydroxylation is 1. The smallest absolute Gasteiger partial charge is 0.149 e. The van der Waals surface area contributed by atoms with Crippen LogP contribution in [0.1, 0.15) is 24.5 Å². The van der Waals surface area contributed by atoms with Gasteiger partial charge in [0.1, 0.15) is 11.3 Å². The van der Waals surface area contributed by atoms with Crippen molar-refractivity contribution in [2.45, 2.75) is 26.2 Å². The van der Waals surface area contributed by atoms with E-state index in [1.165, 1.54) is 23.6 Å². The predicted octanol–water partition coefficient (Wildman–Crippen LogP) is 4.98. The zero-order valence-corrected chi connectivity index (χ0v) is 13.3. The number of fused-ring (bicyclic) bond motifs is 1. The number of aromatic nitrogens is 1. The third-order valence-electron chi connectivity index (χ3n) is 4.01. The molecule has 0 unspecified atom stereocenters. The molecule has 0 amide bonds. The van der Waals surface area contributed by atoms with Crippen molar-refractivity contribution >= 4 is 16.6 Å². The molecule has 0 aliphatic carbocycles. The lowest BCUT2D eigenvalue weighted by Gasteiger charge is -2.10. The Balaban J connectivity index is 1.66. The molecule has 1 N–H and O–H groups in total. The quantitative estimate of drug-likeness (QED) is 0.694. The topological polar surface area (TPSA) is 24.9 Å². The Kier molecular flexibility index (Phi) is 4.86. The maximum absolute atomic E-state index is 13.8. The van der Waals surface area contributed by atoms with Crippen LogP contribution in [0, 0.1) is 5.82 Å². The molecule has 3 aromatic rings. The molecule has 0 saturated carbocycles. The standard InChI is InChI=1S/C20H21FN2/c1-2-4-15-7-9-16(10-8-15)11-13-22-19-12-14-23-20-17(19)5-3-6-18(20)21/h3,5-10,12,14H,2,4,11,13H2,1H3,(H,22,23). The Labute approximate surface area is 136 Å². The van der Waals surface area contributed by atoms with Crippen LogP contribution in [-0.4, -0.2) is 11.5 Å². The number of nitrogens with zero attached hydrogens (tertiary/aromatic N) is 1. The number of rotatable bonds is 6. The Morgan fingerprint density at radius 2 is 1.70 bits per heavy atom. The summed E-state index contributed by atoms with van der Waals surface area (Å²) in [5, 5.41) is 4.22. The average Bonchev–Trinajstić information content (AvgIpc) is 2.58. The van der Waals surface area contributed by atoms with Gasteiger partial charge in [-0.2, -0.15) is 0 Å². The van der Waals surface area contributed by atoms with Crippen molar-refractivity contribution in [3.63, 3.8) is 0 Å². The molecule has 0 atom stereocenters.